The molecule has 1 fully saturated rings. The monoisotopic (exact) mass is 324 g/mol. The number of carbonyl (C=O) groups excluding carboxylic acids is 1. The van der Waals surface area contributed by atoms with Gasteiger partial charge in [-0.3, -0.25) is 9.69 Å². The predicted molar refractivity (Wildman–Crippen MR) is 76.8 cm³/mol. The molecule has 1 amide bonds. The van der Waals surface area contributed by atoms with Gasteiger partial charge in [0.25, 0.3) is 0 Å². The van der Waals surface area contributed by atoms with Crippen LogP contribution >= 0.6 is 0 Å². The van der Waals surface area contributed by atoms with Crippen molar-refractivity contribution >= 4 is 11.9 Å². The van der Waals surface area contributed by atoms with E-state index in [2.05, 4.69) is 10.2 Å². The molecule has 1 heterocycles. The molecule has 0 radical (unpaired) electrons. The molecular weight excluding hydrogens is 309 g/mol. The van der Waals surface area contributed by atoms with Crippen molar-refractivity contribution in [3.63, 3.8) is 0 Å². The lowest BCUT2D eigenvalue weighted by molar-refractivity contribution is -0.137. The van der Waals surface area contributed by atoms with Crippen LogP contribution in [0.5, 0.6) is 0 Å². The van der Waals surface area contributed by atoms with Crippen LogP contribution in [0.4, 0.5) is 19.1 Å². The lowest BCUT2D eigenvalue weighted by Gasteiger charge is -2.23. The normalized spacial score (nSPS) is 16.2. The molecule has 1 aliphatic carbocycles. The fourth-order valence-electron chi connectivity index (χ4n) is 2.72. The highest BCUT2D eigenvalue weighted by Gasteiger charge is 2.53. The minimum atomic E-state index is -4.38. The van der Waals surface area contributed by atoms with Crippen LogP contribution in [-0.2, 0) is 23.4 Å². The Hall–Kier alpha value is -2.38. The number of aromatic nitrogens is 3. The maximum Gasteiger partial charge on any atom is 0.416 e. The van der Waals surface area contributed by atoms with Gasteiger partial charge >= 0.3 is 6.18 Å². The van der Waals surface area contributed by atoms with E-state index in [1.807, 2.05) is 0 Å². The summed E-state index contributed by atoms with van der Waals surface area (Å²) in [6.45, 7) is 0. The number of alkyl halides is 3. The van der Waals surface area contributed by atoms with Crippen LogP contribution in [0.15, 0.2) is 30.6 Å². The van der Waals surface area contributed by atoms with E-state index in [1.165, 1.54) is 23.4 Å². The maximum absolute atomic E-state index is 12.8. The third-order valence-corrected chi connectivity index (χ3v) is 4.22. The second-order valence-corrected chi connectivity index (χ2v) is 5.76. The highest BCUT2D eigenvalue weighted by molar-refractivity contribution is 6.01. The first-order chi connectivity index (χ1) is 10.8. The number of halogens is 3. The molecule has 5 nitrogen and oxygen atoms in total. The van der Waals surface area contributed by atoms with E-state index in [4.69, 9.17) is 0 Å². The average Bonchev–Trinajstić information content (AvgIpc) is 3.21. The van der Waals surface area contributed by atoms with E-state index in [-0.39, 0.29) is 5.91 Å². The Balaban J connectivity index is 1.87. The fraction of sp³-hybridized carbons (Fsp3) is 0.400. The number of aryl methyl sites for hydroxylation is 1. The summed E-state index contributed by atoms with van der Waals surface area (Å²) in [5, 5.41) is 7.62. The van der Waals surface area contributed by atoms with E-state index in [9.17, 15) is 18.0 Å². The quantitative estimate of drug-likeness (QED) is 0.872. The number of anilines is 1. The molecule has 23 heavy (non-hydrogen) atoms. The molecule has 1 aliphatic rings. The van der Waals surface area contributed by atoms with E-state index in [1.54, 1.807) is 18.7 Å². The number of nitrogens with zero attached hydrogens (tertiary/aromatic N) is 4. The van der Waals surface area contributed by atoms with Crippen molar-refractivity contribution in [3.8, 4) is 0 Å². The largest absolute Gasteiger partial charge is 0.416 e. The summed E-state index contributed by atoms with van der Waals surface area (Å²) in [6, 6.07) is 4.81. The molecule has 0 spiro atoms. The van der Waals surface area contributed by atoms with Crippen LogP contribution in [0.2, 0.25) is 0 Å². The number of rotatable bonds is 3. The Labute approximate surface area is 130 Å². The Kier molecular flexibility index (Phi) is 3.42. The van der Waals surface area contributed by atoms with Crippen molar-refractivity contribution in [3.05, 3.63) is 41.7 Å². The van der Waals surface area contributed by atoms with Gasteiger partial charge in [0.05, 0.1) is 11.0 Å². The molecule has 8 heteroatoms. The molecule has 0 unspecified atom stereocenters. The highest BCUT2D eigenvalue weighted by atomic mass is 19.4. The van der Waals surface area contributed by atoms with Gasteiger partial charge in [-0.2, -0.15) is 13.2 Å². The van der Waals surface area contributed by atoms with Crippen molar-refractivity contribution < 1.29 is 18.0 Å². The second kappa shape index (κ2) is 5.07. The lowest BCUT2D eigenvalue weighted by Crippen LogP contribution is -2.38. The molecule has 0 N–H and O–H groups in total. The third-order valence-electron chi connectivity index (χ3n) is 4.22. The number of amides is 1. The predicted octanol–water partition coefficient (Wildman–Crippen LogP) is 2.53. The summed E-state index contributed by atoms with van der Waals surface area (Å²) in [4.78, 5) is 14.2. The summed E-state index contributed by atoms with van der Waals surface area (Å²) in [5.41, 5.74) is -0.874. The van der Waals surface area contributed by atoms with Crippen LogP contribution in [-0.4, -0.2) is 27.7 Å². The fourth-order valence-corrected chi connectivity index (χ4v) is 2.72. The first kappa shape index (κ1) is 15.5. The van der Waals surface area contributed by atoms with Gasteiger partial charge in [0.15, 0.2) is 0 Å². The van der Waals surface area contributed by atoms with Gasteiger partial charge in [0.1, 0.15) is 6.33 Å². The third kappa shape index (κ3) is 2.58. The van der Waals surface area contributed by atoms with Crippen molar-refractivity contribution in [1.29, 1.82) is 0 Å². The summed E-state index contributed by atoms with van der Waals surface area (Å²) in [5.74, 6) is 0.210. The van der Waals surface area contributed by atoms with Crippen LogP contribution in [0.1, 0.15) is 24.0 Å². The van der Waals surface area contributed by atoms with E-state index < -0.39 is 17.2 Å². The van der Waals surface area contributed by atoms with E-state index >= 15 is 0 Å². The number of hydrogen-bond acceptors (Lipinski definition) is 3. The zero-order valence-electron chi connectivity index (χ0n) is 12.6. The van der Waals surface area contributed by atoms with Gasteiger partial charge in [0, 0.05) is 14.1 Å². The molecule has 3 rings (SSSR count). The Morgan fingerprint density at radius 1 is 1.26 bits per heavy atom. The van der Waals surface area contributed by atoms with Gasteiger partial charge in [0.2, 0.25) is 11.9 Å². The lowest BCUT2D eigenvalue weighted by atomic mass is 9.93. The standard InChI is InChI=1S/C15H15F3N4O/c1-21-9-19-20-13(21)22(2)12(23)14(7-8-14)10-3-5-11(6-4-10)15(16,17)18/h3-6,9H,7-8H2,1-2H3. The first-order valence-electron chi connectivity index (χ1n) is 7.05. The molecule has 0 aliphatic heterocycles. The van der Waals surface area contributed by atoms with Gasteiger partial charge in [-0.05, 0) is 30.5 Å². The van der Waals surface area contributed by atoms with Crippen molar-refractivity contribution in [2.75, 3.05) is 11.9 Å². The molecule has 1 saturated carbocycles. The minimum Gasteiger partial charge on any atom is -0.303 e. The molecule has 1 aromatic carbocycles. The molecule has 0 saturated heterocycles. The van der Waals surface area contributed by atoms with Crippen molar-refractivity contribution in [2.45, 2.75) is 24.4 Å². The summed E-state index contributed by atoms with van der Waals surface area (Å²) in [7, 11) is 3.31. The number of hydrogen-bond donors (Lipinski definition) is 0. The SMILES string of the molecule is CN(C(=O)C1(c2ccc(C(F)(F)F)cc2)CC1)c1nncn1C. The maximum atomic E-state index is 12.8. The summed E-state index contributed by atoms with van der Waals surface area (Å²) >= 11 is 0. The van der Waals surface area contributed by atoms with Gasteiger partial charge in [-0.15, -0.1) is 10.2 Å². The number of likely N-dealkylation sites (N-methyl/N-ethyl adjacent to an activating group) is 1. The van der Waals surface area contributed by atoms with Crippen LogP contribution in [0.3, 0.4) is 0 Å². The second-order valence-electron chi connectivity index (χ2n) is 5.76. The summed E-state index contributed by atoms with van der Waals surface area (Å²) < 4.78 is 39.6. The molecule has 122 valence electrons. The Bertz CT molecular complexity index is 732. The number of carbonyl (C=O) groups is 1. The van der Waals surface area contributed by atoms with Crippen molar-refractivity contribution in [1.82, 2.24) is 14.8 Å². The Morgan fingerprint density at radius 3 is 2.30 bits per heavy atom. The summed E-state index contributed by atoms with van der Waals surface area (Å²) in [6.07, 6.45) is -1.68. The molecule has 2 aromatic rings. The molecule has 0 atom stereocenters. The van der Waals surface area contributed by atoms with E-state index in [0.29, 0.717) is 24.4 Å². The minimum absolute atomic E-state index is 0.187. The first-order valence-corrected chi connectivity index (χ1v) is 7.05. The molecule has 1 aromatic heterocycles. The van der Waals surface area contributed by atoms with Gasteiger partial charge in [-0.1, -0.05) is 12.1 Å². The van der Waals surface area contributed by atoms with Crippen LogP contribution in [0.25, 0.3) is 0 Å². The van der Waals surface area contributed by atoms with Gasteiger partial charge < -0.3 is 4.57 Å². The smallest absolute Gasteiger partial charge is 0.303 e. The zero-order chi connectivity index (χ0) is 16.8. The zero-order valence-corrected chi connectivity index (χ0v) is 12.6. The van der Waals surface area contributed by atoms with Crippen LogP contribution in [0, 0.1) is 0 Å². The van der Waals surface area contributed by atoms with Gasteiger partial charge in [-0.25, -0.2) is 0 Å². The number of benzene rings is 1. The molecular formula is C15H15F3N4O. The average molecular weight is 324 g/mol. The highest BCUT2D eigenvalue weighted by Crippen LogP contribution is 2.50. The topological polar surface area (TPSA) is 51.0 Å². The van der Waals surface area contributed by atoms with Crippen LogP contribution < -0.4 is 4.90 Å². The van der Waals surface area contributed by atoms with Crippen molar-refractivity contribution in [2.24, 2.45) is 7.05 Å². The molecule has 0 bridgehead atoms. The Morgan fingerprint density at radius 2 is 1.87 bits per heavy atom. The van der Waals surface area contributed by atoms with E-state index in [0.717, 1.165) is 12.1 Å².